The Bertz CT molecular complexity index is 1790. The molecule has 9 nitrogen and oxygen atoms in total. The molecule has 260 valence electrons. The number of carbonyl (C=O) groups is 2. The number of amides is 2. The van der Waals surface area contributed by atoms with Crippen LogP contribution in [0.2, 0.25) is 0 Å². The first-order valence-electron chi connectivity index (χ1n) is 16.4. The minimum Gasteiger partial charge on any atom is -0.490 e. The molecule has 0 unspecified atom stereocenters. The molecule has 0 aliphatic heterocycles. The summed E-state index contributed by atoms with van der Waals surface area (Å²) in [5.41, 5.74) is 8.57. The highest BCUT2D eigenvalue weighted by Gasteiger charge is 2.28. The van der Waals surface area contributed by atoms with Gasteiger partial charge in [-0.2, -0.15) is 0 Å². The van der Waals surface area contributed by atoms with Gasteiger partial charge in [-0.25, -0.2) is 12.8 Å². The molecule has 4 N–H and O–H groups in total. The van der Waals surface area contributed by atoms with E-state index in [1.165, 1.54) is 49.5 Å². The second-order valence-electron chi connectivity index (χ2n) is 12.1. The quantitative estimate of drug-likeness (QED) is 0.122. The van der Waals surface area contributed by atoms with Crippen molar-refractivity contribution in [1.82, 2.24) is 5.32 Å². The van der Waals surface area contributed by atoms with Crippen molar-refractivity contribution in [3.8, 4) is 5.75 Å². The molecule has 49 heavy (non-hydrogen) atoms. The van der Waals surface area contributed by atoms with Crippen LogP contribution in [0.25, 0.3) is 0 Å². The van der Waals surface area contributed by atoms with Crippen molar-refractivity contribution in [2.75, 3.05) is 16.7 Å². The van der Waals surface area contributed by atoms with Crippen molar-refractivity contribution in [3.63, 3.8) is 0 Å². The molecule has 0 aliphatic rings. The lowest BCUT2D eigenvalue weighted by Gasteiger charge is -2.28. The molecule has 0 spiro atoms. The van der Waals surface area contributed by atoms with E-state index in [2.05, 4.69) is 10.6 Å². The molecule has 11 heteroatoms. The Balaban J connectivity index is 1.62. The van der Waals surface area contributed by atoms with E-state index in [4.69, 9.17) is 10.5 Å². The number of nitrogens with zero attached hydrogens (tertiary/aromatic N) is 1. The topological polar surface area (TPSA) is 131 Å². The van der Waals surface area contributed by atoms with E-state index < -0.39 is 39.7 Å². The van der Waals surface area contributed by atoms with Crippen molar-refractivity contribution in [2.45, 2.75) is 69.5 Å². The number of nitrogens with one attached hydrogen (secondary N) is 2. The number of anilines is 2. The maximum Gasteiger partial charge on any atom is 0.264 e. The van der Waals surface area contributed by atoms with Gasteiger partial charge in [0.15, 0.2) is 0 Å². The molecule has 0 saturated heterocycles. The van der Waals surface area contributed by atoms with Crippen molar-refractivity contribution < 1.29 is 27.1 Å². The lowest BCUT2D eigenvalue weighted by Crippen LogP contribution is -2.50. The number of ether oxygens (including phenoxy) is 1. The van der Waals surface area contributed by atoms with E-state index in [1.807, 2.05) is 44.2 Å². The molecular weight excluding hydrogens is 644 g/mol. The van der Waals surface area contributed by atoms with Gasteiger partial charge in [-0.1, -0.05) is 69.3 Å². The first kappa shape index (κ1) is 37.1. The van der Waals surface area contributed by atoms with Gasteiger partial charge in [0.25, 0.3) is 15.9 Å². The van der Waals surface area contributed by atoms with Gasteiger partial charge in [-0.3, -0.25) is 13.9 Å². The maximum atomic E-state index is 14.0. The Morgan fingerprint density at radius 2 is 1.51 bits per heavy atom. The SMILES string of the molecule is CCC(CC)Oc1cc(C(=O)N[C@@H](Cc2ccccc2)[C@@H](N)C[C@@H](C)C(=O)Nc2ccc(F)cc2)cc(N(C)S(=O)(=O)c2ccccc2)c1. The number of sulfonamides is 1. The number of carbonyl (C=O) groups excluding carboxylic acids is 2. The Morgan fingerprint density at radius 3 is 2.12 bits per heavy atom. The van der Waals surface area contributed by atoms with Crippen LogP contribution in [0.1, 0.15) is 56.0 Å². The third kappa shape index (κ3) is 10.1. The minimum absolute atomic E-state index is 0.112. The Morgan fingerprint density at radius 1 is 0.898 bits per heavy atom. The zero-order chi connectivity index (χ0) is 35.6. The number of halogens is 1. The van der Waals surface area contributed by atoms with Crippen LogP contribution in [-0.4, -0.2) is 45.5 Å². The third-order valence-electron chi connectivity index (χ3n) is 8.45. The van der Waals surface area contributed by atoms with Crippen LogP contribution in [-0.2, 0) is 21.2 Å². The lowest BCUT2D eigenvalue weighted by molar-refractivity contribution is -0.119. The Hall–Kier alpha value is -4.74. The highest BCUT2D eigenvalue weighted by atomic mass is 32.2. The van der Waals surface area contributed by atoms with Crippen LogP contribution < -0.4 is 25.4 Å². The molecule has 4 aromatic carbocycles. The number of hydrogen-bond acceptors (Lipinski definition) is 6. The molecule has 4 aromatic rings. The minimum atomic E-state index is -3.94. The first-order valence-corrected chi connectivity index (χ1v) is 17.9. The normalized spacial score (nSPS) is 13.3. The van der Waals surface area contributed by atoms with Crippen molar-refractivity contribution in [1.29, 1.82) is 0 Å². The summed E-state index contributed by atoms with van der Waals surface area (Å²) in [5, 5.41) is 5.85. The standard InChI is InChI=1S/C38H45FN4O5S/c1-5-32(6-2)48-33-24-28(23-31(25-33)43(4)49(46,47)34-15-11-8-12-16-34)38(45)42-36(22-27-13-9-7-10-14-27)35(40)21-26(3)37(44)41-30-19-17-29(39)18-20-30/h7-20,23-26,32,35-36H,5-6,21-22,40H2,1-4H3,(H,41,44)(H,42,45)/t26-,35+,36+/m1/s1. The molecule has 0 radical (unpaired) electrons. The molecule has 4 rings (SSSR count). The third-order valence-corrected chi connectivity index (χ3v) is 10.2. The second kappa shape index (κ2) is 17.1. The fourth-order valence-corrected chi connectivity index (χ4v) is 6.61. The maximum absolute atomic E-state index is 14.0. The predicted molar refractivity (Wildman–Crippen MR) is 192 cm³/mol. The van der Waals surface area contributed by atoms with Gasteiger partial charge < -0.3 is 21.1 Å². The summed E-state index contributed by atoms with van der Waals surface area (Å²) in [4.78, 5) is 27.1. The van der Waals surface area contributed by atoms with Crippen LogP contribution in [0.4, 0.5) is 15.8 Å². The molecule has 3 atom stereocenters. The van der Waals surface area contributed by atoms with E-state index in [0.717, 1.165) is 22.7 Å². The average molecular weight is 689 g/mol. The van der Waals surface area contributed by atoms with Gasteiger partial charge >= 0.3 is 0 Å². The lowest BCUT2D eigenvalue weighted by atomic mass is 9.92. The van der Waals surface area contributed by atoms with Gasteiger partial charge in [0.1, 0.15) is 11.6 Å². The number of hydrogen-bond donors (Lipinski definition) is 3. The van der Waals surface area contributed by atoms with Crippen LogP contribution in [0.5, 0.6) is 5.75 Å². The van der Waals surface area contributed by atoms with Gasteiger partial charge in [-0.05, 0) is 79.8 Å². The largest absolute Gasteiger partial charge is 0.490 e. The average Bonchev–Trinajstić information content (AvgIpc) is 3.11. The smallest absolute Gasteiger partial charge is 0.264 e. The van der Waals surface area contributed by atoms with E-state index >= 15 is 0 Å². The molecule has 0 heterocycles. The summed E-state index contributed by atoms with van der Waals surface area (Å²) in [7, 11) is -2.51. The van der Waals surface area contributed by atoms with Crippen LogP contribution >= 0.6 is 0 Å². The second-order valence-corrected chi connectivity index (χ2v) is 14.1. The molecule has 0 bridgehead atoms. The molecule has 0 saturated carbocycles. The van der Waals surface area contributed by atoms with Crippen LogP contribution in [0.15, 0.2) is 108 Å². The zero-order valence-electron chi connectivity index (χ0n) is 28.3. The summed E-state index contributed by atoms with van der Waals surface area (Å²) in [6.45, 7) is 5.73. The zero-order valence-corrected chi connectivity index (χ0v) is 29.1. The molecule has 2 amide bonds. The molecular formula is C38H45FN4O5S. The van der Waals surface area contributed by atoms with Crippen LogP contribution in [0.3, 0.4) is 0 Å². The monoisotopic (exact) mass is 688 g/mol. The number of nitrogens with two attached hydrogens (primary N) is 1. The molecule has 0 aliphatic carbocycles. The van der Waals surface area contributed by atoms with E-state index in [0.29, 0.717) is 17.9 Å². The van der Waals surface area contributed by atoms with E-state index in [-0.39, 0.29) is 34.6 Å². The van der Waals surface area contributed by atoms with E-state index in [9.17, 15) is 22.4 Å². The van der Waals surface area contributed by atoms with E-state index in [1.54, 1.807) is 37.3 Å². The van der Waals surface area contributed by atoms with Gasteiger partial charge in [0.2, 0.25) is 5.91 Å². The summed E-state index contributed by atoms with van der Waals surface area (Å²) in [5.74, 6) is -1.33. The Kier molecular flexibility index (Phi) is 12.9. The number of rotatable bonds is 16. The predicted octanol–water partition coefficient (Wildman–Crippen LogP) is 6.55. The van der Waals surface area contributed by atoms with Gasteiger partial charge in [-0.15, -0.1) is 0 Å². The van der Waals surface area contributed by atoms with Crippen molar-refractivity contribution in [3.05, 3.63) is 120 Å². The van der Waals surface area contributed by atoms with Gasteiger partial charge in [0.05, 0.1) is 16.7 Å². The van der Waals surface area contributed by atoms with Crippen LogP contribution in [0, 0.1) is 11.7 Å². The highest BCUT2D eigenvalue weighted by molar-refractivity contribution is 7.92. The summed E-state index contributed by atoms with van der Waals surface area (Å²) in [6, 6.07) is 26.6. The molecule has 0 fully saturated rings. The summed E-state index contributed by atoms with van der Waals surface area (Å²) >= 11 is 0. The molecule has 0 aromatic heterocycles. The highest BCUT2D eigenvalue weighted by Crippen LogP contribution is 2.29. The van der Waals surface area contributed by atoms with Crippen molar-refractivity contribution >= 4 is 33.2 Å². The Labute approximate surface area is 288 Å². The van der Waals surface area contributed by atoms with Gasteiger partial charge in [0, 0.05) is 42.4 Å². The van der Waals surface area contributed by atoms with Crippen molar-refractivity contribution in [2.24, 2.45) is 11.7 Å². The fourth-order valence-electron chi connectivity index (χ4n) is 5.41. The summed E-state index contributed by atoms with van der Waals surface area (Å²) in [6.07, 6.45) is 1.94. The number of benzene rings is 4. The first-order chi connectivity index (χ1) is 23.4. The fraction of sp³-hybridized carbons (Fsp3) is 0.316. The summed E-state index contributed by atoms with van der Waals surface area (Å²) < 4.78 is 47.8.